The fourth-order valence-corrected chi connectivity index (χ4v) is 3.69. The van der Waals surface area contributed by atoms with Crippen molar-refractivity contribution in [2.45, 2.75) is 37.7 Å². The molecule has 0 N–H and O–H groups in total. The first-order valence-electron chi connectivity index (χ1n) is 7.58. The highest BCUT2D eigenvalue weighted by Gasteiger charge is 2.24. The molecular weight excluding hydrogens is 348 g/mol. The SMILES string of the molecule is COc1ccc([C@H](C)[C@@H](C)OS(=O)(=O)c2ccc(C)cc2)cc1Cl. The lowest BCUT2D eigenvalue weighted by Gasteiger charge is -2.21. The van der Waals surface area contributed by atoms with Crippen LogP contribution in [0.5, 0.6) is 5.75 Å². The molecule has 0 bridgehead atoms. The maximum Gasteiger partial charge on any atom is 0.297 e. The predicted molar refractivity (Wildman–Crippen MR) is 95.3 cm³/mol. The Labute approximate surface area is 148 Å². The molecule has 2 aromatic rings. The number of rotatable bonds is 6. The van der Waals surface area contributed by atoms with Crippen molar-refractivity contribution < 1.29 is 17.3 Å². The average molecular weight is 369 g/mol. The molecule has 130 valence electrons. The molecule has 2 atom stereocenters. The number of methoxy groups -OCH3 is 1. The molecule has 0 heterocycles. The summed E-state index contributed by atoms with van der Waals surface area (Å²) in [5, 5.41) is 0.482. The van der Waals surface area contributed by atoms with E-state index in [1.54, 1.807) is 50.4 Å². The molecular formula is C18H21ClO4S. The molecule has 0 saturated carbocycles. The molecule has 0 saturated heterocycles. The number of halogens is 1. The Kier molecular flexibility index (Phi) is 5.91. The van der Waals surface area contributed by atoms with Gasteiger partial charge in [-0.3, -0.25) is 4.18 Å². The van der Waals surface area contributed by atoms with Crippen LogP contribution in [-0.4, -0.2) is 21.6 Å². The van der Waals surface area contributed by atoms with Gasteiger partial charge in [0.05, 0.1) is 23.1 Å². The van der Waals surface area contributed by atoms with Crippen LogP contribution in [-0.2, 0) is 14.3 Å². The zero-order valence-electron chi connectivity index (χ0n) is 14.1. The van der Waals surface area contributed by atoms with Crippen LogP contribution in [0.3, 0.4) is 0 Å². The molecule has 0 amide bonds. The van der Waals surface area contributed by atoms with Crippen LogP contribution in [0.15, 0.2) is 47.4 Å². The average Bonchev–Trinajstić information content (AvgIpc) is 2.54. The van der Waals surface area contributed by atoms with E-state index in [-0.39, 0.29) is 10.8 Å². The van der Waals surface area contributed by atoms with Gasteiger partial charge in [0.25, 0.3) is 10.1 Å². The topological polar surface area (TPSA) is 52.6 Å². The second-order valence-corrected chi connectivity index (χ2v) is 7.73. The second kappa shape index (κ2) is 7.55. The normalized spacial score (nSPS) is 14.2. The van der Waals surface area contributed by atoms with Gasteiger partial charge in [0, 0.05) is 5.92 Å². The summed E-state index contributed by atoms with van der Waals surface area (Å²) in [7, 11) is -2.26. The molecule has 6 heteroatoms. The standard InChI is InChI=1S/C18H21ClO4S/c1-12-5-8-16(9-6-12)24(20,21)23-14(3)13(2)15-7-10-18(22-4)17(19)11-15/h5-11,13-14H,1-4H3/t13-,14-/m1/s1. The highest BCUT2D eigenvalue weighted by atomic mass is 35.5. The Balaban J connectivity index is 2.17. The number of ether oxygens (including phenoxy) is 1. The molecule has 2 rings (SSSR count). The van der Waals surface area contributed by atoms with E-state index in [4.69, 9.17) is 20.5 Å². The van der Waals surface area contributed by atoms with Crippen LogP contribution in [0.1, 0.15) is 30.9 Å². The van der Waals surface area contributed by atoms with Crippen molar-refractivity contribution in [3.05, 3.63) is 58.6 Å². The van der Waals surface area contributed by atoms with Crippen molar-refractivity contribution in [1.29, 1.82) is 0 Å². The van der Waals surface area contributed by atoms with Crippen LogP contribution in [0.4, 0.5) is 0 Å². The maximum atomic E-state index is 12.4. The molecule has 24 heavy (non-hydrogen) atoms. The lowest BCUT2D eigenvalue weighted by Crippen LogP contribution is -2.21. The molecule has 0 aliphatic carbocycles. The van der Waals surface area contributed by atoms with Gasteiger partial charge >= 0.3 is 0 Å². The number of hydrogen-bond donors (Lipinski definition) is 0. The van der Waals surface area contributed by atoms with Crippen molar-refractivity contribution >= 4 is 21.7 Å². The van der Waals surface area contributed by atoms with E-state index in [1.807, 2.05) is 19.9 Å². The number of benzene rings is 2. The van der Waals surface area contributed by atoms with Crippen molar-refractivity contribution in [2.24, 2.45) is 0 Å². The summed E-state index contributed by atoms with van der Waals surface area (Å²) >= 11 is 6.14. The van der Waals surface area contributed by atoms with Crippen LogP contribution in [0.2, 0.25) is 5.02 Å². The Hall–Kier alpha value is -1.56. The largest absolute Gasteiger partial charge is 0.495 e. The second-order valence-electron chi connectivity index (χ2n) is 5.75. The van der Waals surface area contributed by atoms with E-state index in [0.717, 1.165) is 11.1 Å². The Morgan fingerprint density at radius 1 is 1.04 bits per heavy atom. The molecule has 0 spiro atoms. The van der Waals surface area contributed by atoms with Crippen molar-refractivity contribution in [2.75, 3.05) is 7.11 Å². The minimum atomic E-state index is -3.81. The first kappa shape index (κ1) is 18.8. The number of hydrogen-bond acceptors (Lipinski definition) is 4. The van der Waals surface area contributed by atoms with E-state index < -0.39 is 16.2 Å². The Bertz CT molecular complexity index is 800. The molecule has 0 aliphatic heterocycles. The summed E-state index contributed by atoms with van der Waals surface area (Å²) < 4.78 is 35.3. The zero-order valence-corrected chi connectivity index (χ0v) is 15.7. The fraction of sp³-hybridized carbons (Fsp3) is 0.333. The fourth-order valence-electron chi connectivity index (χ4n) is 2.28. The summed E-state index contributed by atoms with van der Waals surface area (Å²) in [6.07, 6.45) is -0.541. The first-order chi connectivity index (χ1) is 11.2. The minimum absolute atomic E-state index is 0.153. The Morgan fingerprint density at radius 2 is 1.67 bits per heavy atom. The highest BCUT2D eigenvalue weighted by molar-refractivity contribution is 7.86. The van der Waals surface area contributed by atoms with Crippen LogP contribution in [0.25, 0.3) is 0 Å². The van der Waals surface area contributed by atoms with E-state index in [1.165, 1.54) is 0 Å². The lowest BCUT2D eigenvalue weighted by atomic mass is 9.96. The molecule has 2 aromatic carbocycles. The highest BCUT2D eigenvalue weighted by Crippen LogP contribution is 2.31. The van der Waals surface area contributed by atoms with Gasteiger partial charge in [0.2, 0.25) is 0 Å². The van der Waals surface area contributed by atoms with Gasteiger partial charge < -0.3 is 4.74 Å². The predicted octanol–water partition coefficient (Wildman–Crippen LogP) is 4.55. The smallest absolute Gasteiger partial charge is 0.297 e. The molecule has 0 radical (unpaired) electrons. The van der Waals surface area contributed by atoms with E-state index in [9.17, 15) is 8.42 Å². The van der Waals surface area contributed by atoms with Gasteiger partial charge in [-0.2, -0.15) is 8.42 Å². The van der Waals surface area contributed by atoms with E-state index in [2.05, 4.69) is 0 Å². The van der Waals surface area contributed by atoms with Crippen LogP contribution >= 0.6 is 11.6 Å². The van der Waals surface area contributed by atoms with E-state index >= 15 is 0 Å². The quantitative estimate of drug-likeness (QED) is 0.701. The van der Waals surface area contributed by atoms with Crippen molar-refractivity contribution in [3.8, 4) is 5.75 Å². The minimum Gasteiger partial charge on any atom is -0.495 e. The van der Waals surface area contributed by atoms with Gasteiger partial charge in [0.1, 0.15) is 5.75 Å². The number of aryl methyl sites for hydroxylation is 1. The molecule has 0 aromatic heterocycles. The summed E-state index contributed by atoms with van der Waals surface area (Å²) in [6.45, 7) is 5.53. The first-order valence-corrected chi connectivity index (χ1v) is 9.36. The summed E-state index contributed by atoms with van der Waals surface area (Å²) in [5.41, 5.74) is 1.87. The molecule has 0 unspecified atom stereocenters. The summed E-state index contributed by atoms with van der Waals surface area (Å²) in [5.74, 6) is 0.419. The Morgan fingerprint density at radius 3 is 2.21 bits per heavy atom. The van der Waals surface area contributed by atoms with Crippen LogP contribution < -0.4 is 4.74 Å². The third-order valence-corrected chi connectivity index (χ3v) is 5.70. The monoisotopic (exact) mass is 368 g/mol. The maximum absolute atomic E-state index is 12.4. The van der Waals surface area contributed by atoms with Gasteiger partial charge in [-0.05, 0) is 43.7 Å². The molecule has 0 fully saturated rings. The molecule has 4 nitrogen and oxygen atoms in total. The third-order valence-electron chi connectivity index (χ3n) is 3.99. The van der Waals surface area contributed by atoms with Gasteiger partial charge in [-0.25, -0.2) is 0 Å². The van der Waals surface area contributed by atoms with Gasteiger partial charge in [-0.15, -0.1) is 0 Å². The summed E-state index contributed by atoms with van der Waals surface area (Å²) in [4.78, 5) is 0.153. The van der Waals surface area contributed by atoms with Crippen LogP contribution in [0, 0.1) is 6.92 Å². The van der Waals surface area contributed by atoms with Gasteiger partial charge in [-0.1, -0.05) is 42.3 Å². The summed E-state index contributed by atoms with van der Waals surface area (Å²) in [6, 6.07) is 12.0. The van der Waals surface area contributed by atoms with E-state index in [0.29, 0.717) is 10.8 Å². The van der Waals surface area contributed by atoms with Gasteiger partial charge in [0.15, 0.2) is 0 Å². The molecule has 0 aliphatic rings. The lowest BCUT2D eigenvalue weighted by molar-refractivity contribution is 0.203. The third kappa shape index (κ3) is 4.29. The van der Waals surface area contributed by atoms with Crippen molar-refractivity contribution in [3.63, 3.8) is 0 Å². The van der Waals surface area contributed by atoms with Crippen molar-refractivity contribution in [1.82, 2.24) is 0 Å². The zero-order chi connectivity index (χ0) is 17.9.